The molecule has 19 N–H and O–H groups in total. The minimum Gasteiger partial charge on any atom is -0.481 e. The summed E-state index contributed by atoms with van der Waals surface area (Å²) in [5, 5.41) is 49.6. The maximum atomic E-state index is 13.9. The molecule has 0 spiro atoms. The Kier molecular flexibility index (Phi) is 26.0. The van der Waals surface area contributed by atoms with Crippen LogP contribution in [-0.2, 0) is 75.2 Å². The molecule has 0 bridgehead atoms. The molecule has 3 aromatic rings. The van der Waals surface area contributed by atoms with Crippen LogP contribution < -0.4 is 65.1 Å². The van der Waals surface area contributed by atoms with Crippen molar-refractivity contribution in [2.24, 2.45) is 17.2 Å². The average molecular weight is 1100 g/mol. The standard InChI is InChI=1S/C47H63N13O16S/c48-27(10-15-39(66)67)41(70)57-29(11-13-35(49)62)45(74)60-32(17-25-18-51-28-9-5-4-8-26(25)28)43(72)53-19-37(64)55-33(22-61)47(76)58-30(12-14-36(50)63)46(75)59-31(16-24-6-2-1-3-7-24)42(71)52-20-38(65)56-34(23-77)44(73)54-21-40(68)69/h1-9,18,27,29-34,51,61,77H,10-17,19-23,48H2,(H2,49,62)(H2,50,63)(H,52,71)(H,53,72)(H,54,73)(H,55,64)(H,56,65)(H,57,70)(H,58,76)(H,59,75)(H,60,74)(H,66,67)(H,68,69)/t27-,29-,30-,31-,32-,33-,34-/m0/s1. The van der Waals surface area contributed by atoms with Crippen LogP contribution in [0.25, 0.3) is 10.9 Å². The van der Waals surface area contributed by atoms with Gasteiger partial charge in [0.1, 0.15) is 42.8 Å². The van der Waals surface area contributed by atoms with E-state index in [4.69, 9.17) is 27.4 Å². The molecule has 7 atom stereocenters. The summed E-state index contributed by atoms with van der Waals surface area (Å²) in [6.07, 6.45) is -1.31. The van der Waals surface area contributed by atoms with Crippen molar-refractivity contribution in [3.8, 4) is 0 Å². The van der Waals surface area contributed by atoms with E-state index in [1.807, 2.05) is 0 Å². The molecule has 11 amide bonds. The molecule has 2 aromatic carbocycles. The number of aliphatic hydroxyl groups excluding tert-OH is 1. The molecule has 0 fully saturated rings. The number of aliphatic hydroxyl groups is 1. The third-order valence-electron chi connectivity index (χ3n) is 11.2. The number of thiol groups is 1. The summed E-state index contributed by atoms with van der Waals surface area (Å²) < 4.78 is 0. The fourth-order valence-corrected chi connectivity index (χ4v) is 7.41. The van der Waals surface area contributed by atoms with E-state index in [9.17, 15) is 67.4 Å². The van der Waals surface area contributed by atoms with Crippen LogP contribution in [0.3, 0.4) is 0 Å². The lowest BCUT2D eigenvalue weighted by Crippen LogP contribution is -2.59. The van der Waals surface area contributed by atoms with Crippen LogP contribution in [0.1, 0.15) is 49.7 Å². The van der Waals surface area contributed by atoms with Gasteiger partial charge in [-0.25, -0.2) is 0 Å². The topological polar surface area (TPSA) is 485 Å². The second-order valence-corrected chi connectivity index (χ2v) is 17.6. The Hall–Kier alpha value is -8.64. The molecule has 0 aliphatic heterocycles. The van der Waals surface area contributed by atoms with Gasteiger partial charge in [0.05, 0.1) is 25.7 Å². The van der Waals surface area contributed by atoms with Crippen molar-refractivity contribution in [3.63, 3.8) is 0 Å². The van der Waals surface area contributed by atoms with Gasteiger partial charge in [-0.2, -0.15) is 12.6 Å². The zero-order chi connectivity index (χ0) is 57.2. The maximum absolute atomic E-state index is 13.9. The van der Waals surface area contributed by atoms with Crippen LogP contribution in [0.5, 0.6) is 0 Å². The number of para-hydroxylation sites is 1. The third-order valence-corrected chi connectivity index (χ3v) is 11.6. The van der Waals surface area contributed by atoms with Crippen molar-refractivity contribution in [3.05, 3.63) is 71.9 Å². The Bertz CT molecular complexity index is 2620. The van der Waals surface area contributed by atoms with Crippen LogP contribution in [0.15, 0.2) is 60.8 Å². The number of aliphatic carboxylic acids is 2. The van der Waals surface area contributed by atoms with Crippen LogP contribution in [0, 0.1) is 0 Å². The fourth-order valence-electron chi connectivity index (χ4n) is 7.15. The molecule has 29 nitrogen and oxygen atoms in total. The Morgan fingerprint density at radius 3 is 1.49 bits per heavy atom. The van der Waals surface area contributed by atoms with Gasteiger partial charge in [-0.1, -0.05) is 48.5 Å². The summed E-state index contributed by atoms with van der Waals surface area (Å²) in [6, 6.07) is 4.56. The zero-order valence-electron chi connectivity index (χ0n) is 41.3. The molecule has 30 heteroatoms. The molecule has 77 heavy (non-hydrogen) atoms. The molecule has 1 aromatic heterocycles. The van der Waals surface area contributed by atoms with Crippen LogP contribution in [0.4, 0.5) is 0 Å². The van der Waals surface area contributed by atoms with Gasteiger partial charge in [-0.15, -0.1) is 0 Å². The number of rotatable bonds is 34. The lowest BCUT2D eigenvalue weighted by molar-refractivity contribution is -0.138. The van der Waals surface area contributed by atoms with Crippen molar-refractivity contribution < 1.29 is 77.6 Å². The minimum atomic E-state index is -1.81. The number of carbonyl (C=O) groups excluding carboxylic acids is 11. The van der Waals surface area contributed by atoms with Crippen molar-refractivity contribution in [2.45, 2.75) is 93.7 Å². The van der Waals surface area contributed by atoms with Crippen molar-refractivity contribution in [1.29, 1.82) is 0 Å². The van der Waals surface area contributed by atoms with Gasteiger partial charge >= 0.3 is 11.9 Å². The second-order valence-electron chi connectivity index (χ2n) is 17.2. The Labute approximate surface area is 444 Å². The summed E-state index contributed by atoms with van der Waals surface area (Å²) >= 11 is 3.99. The summed E-state index contributed by atoms with van der Waals surface area (Å²) in [7, 11) is 0. The predicted molar refractivity (Wildman–Crippen MR) is 273 cm³/mol. The number of carboxylic acid groups (broad SMARTS) is 2. The Balaban J connectivity index is 1.77. The van der Waals surface area contributed by atoms with Crippen LogP contribution >= 0.6 is 12.6 Å². The largest absolute Gasteiger partial charge is 0.481 e. The average Bonchev–Trinajstić information content (AvgIpc) is 3.80. The monoisotopic (exact) mass is 1100 g/mol. The van der Waals surface area contributed by atoms with Crippen molar-refractivity contribution in [1.82, 2.24) is 52.8 Å². The number of fused-ring (bicyclic) bond motifs is 1. The number of nitrogens with two attached hydrogens (primary N) is 3. The number of nitrogens with one attached hydrogen (secondary N) is 10. The smallest absolute Gasteiger partial charge is 0.322 e. The lowest BCUT2D eigenvalue weighted by Gasteiger charge is -2.25. The molecule has 1 heterocycles. The molecule has 0 aliphatic carbocycles. The number of carboxylic acids is 2. The van der Waals surface area contributed by atoms with E-state index in [1.54, 1.807) is 60.8 Å². The quantitative estimate of drug-likeness (QED) is 0.0248. The summed E-state index contributed by atoms with van der Waals surface area (Å²) in [5.41, 5.74) is 18.2. The molecule has 0 unspecified atom stereocenters. The molecule has 0 aliphatic rings. The van der Waals surface area contributed by atoms with E-state index in [1.165, 1.54) is 0 Å². The highest BCUT2D eigenvalue weighted by molar-refractivity contribution is 7.80. The normalized spacial score (nSPS) is 13.5. The zero-order valence-corrected chi connectivity index (χ0v) is 42.2. The van der Waals surface area contributed by atoms with E-state index < -0.39 is 171 Å². The molecule has 3 rings (SSSR count). The number of amides is 11. The van der Waals surface area contributed by atoms with Crippen molar-refractivity contribution >= 4 is 100 Å². The van der Waals surface area contributed by atoms with E-state index >= 15 is 0 Å². The first-order valence-electron chi connectivity index (χ1n) is 23.7. The molecule has 0 saturated heterocycles. The fraction of sp³-hybridized carbons (Fsp3) is 0.426. The number of aromatic nitrogens is 1. The number of aromatic amines is 1. The first-order valence-corrected chi connectivity index (χ1v) is 24.3. The number of carbonyl (C=O) groups is 13. The van der Waals surface area contributed by atoms with Gasteiger partial charge in [-0.3, -0.25) is 62.3 Å². The Morgan fingerprint density at radius 2 is 0.974 bits per heavy atom. The highest BCUT2D eigenvalue weighted by atomic mass is 32.1. The number of hydrogen-bond donors (Lipinski definition) is 17. The van der Waals surface area contributed by atoms with Gasteiger partial charge in [0.25, 0.3) is 0 Å². The number of hydrogen-bond acceptors (Lipinski definition) is 16. The van der Waals surface area contributed by atoms with E-state index in [2.05, 4.69) is 65.5 Å². The maximum Gasteiger partial charge on any atom is 0.322 e. The molecule has 0 radical (unpaired) electrons. The van der Waals surface area contributed by atoms with Crippen molar-refractivity contribution in [2.75, 3.05) is 32.0 Å². The minimum absolute atomic E-state index is 0.182. The molecular formula is C47H63N13O16S. The first-order chi connectivity index (χ1) is 36.5. The molecule has 0 saturated carbocycles. The van der Waals surface area contributed by atoms with Gasteiger partial charge in [0.2, 0.25) is 65.0 Å². The number of benzene rings is 2. The van der Waals surface area contributed by atoms with Gasteiger partial charge in [-0.05, 0) is 36.5 Å². The van der Waals surface area contributed by atoms with Gasteiger partial charge in [0.15, 0.2) is 0 Å². The first kappa shape index (κ1) is 62.7. The molecule has 418 valence electrons. The second kappa shape index (κ2) is 31.9. The van der Waals surface area contributed by atoms with Gasteiger partial charge in [0, 0.05) is 55.0 Å². The number of H-pyrrole nitrogens is 1. The van der Waals surface area contributed by atoms with Crippen LogP contribution in [0.2, 0.25) is 0 Å². The lowest BCUT2D eigenvalue weighted by atomic mass is 10.0. The SMILES string of the molecule is NC(=O)CC[C@H](NC(=O)[C@H](CO)NC(=O)CNC(=O)[C@H](Cc1c[nH]c2ccccc12)NC(=O)[C@H](CCC(N)=O)NC(=O)[C@@H](N)CCC(=O)O)C(=O)N[C@@H](Cc1ccccc1)C(=O)NCC(=O)N[C@@H](CS)C(=O)NCC(=O)O. The van der Waals surface area contributed by atoms with E-state index in [0.717, 1.165) is 0 Å². The highest BCUT2D eigenvalue weighted by Crippen LogP contribution is 2.19. The predicted octanol–water partition coefficient (Wildman–Crippen LogP) is -6.06. The van der Waals surface area contributed by atoms with Crippen LogP contribution in [-0.4, -0.2) is 172 Å². The van der Waals surface area contributed by atoms with Gasteiger partial charge < -0.3 is 85.4 Å². The van der Waals surface area contributed by atoms with E-state index in [0.29, 0.717) is 22.0 Å². The number of primary amides is 2. The summed E-state index contributed by atoms with van der Waals surface area (Å²) in [5.74, 6) is -13.4. The summed E-state index contributed by atoms with van der Waals surface area (Å²) in [6.45, 7) is -3.43. The third kappa shape index (κ3) is 22.4. The van der Waals surface area contributed by atoms with E-state index in [-0.39, 0.29) is 31.4 Å². The Morgan fingerprint density at radius 1 is 0.506 bits per heavy atom. The highest BCUT2D eigenvalue weighted by Gasteiger charge is 2.33. The molecular weight excluding hydrogens is 1030 g/mol. The summed E-state index contributed by atoms with van der Waals surface area (Å²) in [4.78, 5) is 168.